The Morgan fingerprint density at radius 2 is 0.781 bits per heavy atom. The number of ether oxygens (including phenoxy) is 4. The zero-order valence-electron chi connectivity index (χ0n) is 47.5. The molecule has 0 spiro atoms. The Bertz CT molecular complexity index is 1270. The summed E-state index contributed by atoms with van der Waals surface area (Å²) in [5.74, 6) is -0.387. The molecule has 1 aliphatic heterocycles. The van der Waals surface area contributed by atoms with E-state index in [1.807, 2.05) is 0 Å². The van der Waals surface area contributed by atoms with Crippen LogP contribution in [-0.2, 0) is 38.3 Å². The molecule has 1 rings (SSSR count). The summed E-state index contributed by atoms with van der Waals surface area (Å²) in [6.45, 7) is 4.09. The first-order valence-corrected chi connectivity index (χ1v) is 32.7. The molecule has 0 saturated carbocycles. The van der Waals surface area contributed by atoms with Crippen LogP contribution in [0.1, 0.15) is 316 Å². The Balaban J connectivity index is 2.23. The van der Waals surface area contributed by atoms with Gasteiger partial charge < -0.3 is 34.3 Å². The minimum atomic E-state index is -5.06. The average Bonchev–Trinajstić information content (AvgIpc) is 3.37. The lowest BCUT2D eigenvalue weighted by molar-refractivity contribution is -0.301. The van der Waals surface area contributed by atoms with Gasteiger partial charge in [-0.1, -0.05) is 296 Å². The van der Waals surface area contributed by atoms with Gasteiger partial charge in [-0.3, -0.25) is 9.35 Å². The third-order valence-electron chi connectivity index (χ3n) is 15.0. The summed E-state index contributed by atoms with van der Waals surface area (Å²) in [6.07, 6.45) is 51.5. The van der Waals surface area contributed by atoms with Gasteiger partial charge in [0.15, 0.2) is 6.29 Å². The van der Waals surface area contributed by atoms with Gasteiger partial charge in [0.25, 0.3) is 0 Å². The molecule has 12 nitrogen and oxygen atoms in total. The van der Waals surface area contributed by atoms with Gasteiger partial charge in [-0.25, -0.2) is 4.18 Å². The number of rotatable bonds is 57. The molecule has 1 heterocycles. The van der Waals surface area contributed by atoms with E-state index in [0.717, 1.165) is 38.5 Å². The van der Waals surface area contributed by atoms with Gasteiger partial charge in [0.1, 0.15) is 30.5 Å². The summed E-state index contributed by atoms with van der Waals surface area (Å²) >= 11 is 0. The zero-order valence-corrected chi connectivity index (χ0v) is 48.3. The highest BCUT2D eigenvalue weighted by Gasteiger charge is 2.48. The Kier molecular flexibility index (Phi) is 49.8. The first-order valence-electron chi connectivity index (χ1n) is 31.3. The van der Waals surface area contributed by atoms with Crippen LogP contribution in [0.4, 0.5) is 0 Å². The van der Waals surface area contributed by atoms with Gasteiger partial charge in [0.05, 0.1) is 19.8 Å². The highest BCUT2D eigenvalue weighted by molar-refractivity contribution is 7.80. The SMILES string of the molecule is CCCCCCCCCCCCCCCCCCCCCCCCCCCC(=O)OC(COCCCCCCCCCCCCCCCCCCCCCCC)COC1OC(CO)C(O)C(OS(=O)(=O)O)C1O. The van der Waals surface area contributed by atoms with Crippen molar-refractivity contribution < 1.29 is 56.2 Å². The molecule has 0 aromatic heterocycles. The maximum absolute atomic E-state index is 13.0. The standard InChI is InChI=1S/C60H118O12S/c1-3-5-7-9-11-13-15-17-19-21-23-25-26-27-28-29-31-33-35-37-39-41-43-45-47-49-56(62)70-54(53-69-60-58(64)59(72-73(65,66)67)57(63)55(51-61)71-60)52-68-50-48-46-44-42-40-38-36-34-32-30-24-22-20-18-16-14-12-10-8-6-4-2/h54-55,57-61,63-64H,3-53H2,1-2H3,(H,65,66,67). The molecule has 4 N–H and O–H groups in total. The normalized spacial score (nSPS) is 18.7. The third-order valence-corrected chi connectivity index (χ3v) is 15.4. The van der Waals surface area contributed by atoms with Crippen LogP contribution in [0.5, 0.6) is 0 Å². The molecule has 13 heteroatoms. The quantitative estimate of drug-likeness (QED) is 0.0258. The number of carbonyl (C=O) groups excluding carboxylic acids is 1. The van der Waals surface area contributed by atoms with Gasteiger partial charge in [-0.05, 0) is 12.8 Å². The maximum Gasteiger partial charge on any atom is 0.397 e. The Morgan fingerprint density at radius 3 is 1.10 bits per heavy atom. The van der Waals surface area contributed by atoms with Gasteiger partial charge in [-0.2, -0.15) is 8.42 Å². The lowest BCUT2D eigenvalue weighted by atomic mass is 9.99. The molecule has 0 aromatic carbocycles. The van der Waals surface area contributed by atoms with E-state index in [4.69, 9.17) is 18.9 Å². The Hall–Kier alpha value is -0.900. The van der Waals surface area contributed by atoms with Crippen molar-refractivity contribution in [3.05, 3.63) is 0 Å². The second-order valence-electron chi connectivity index (χ2n) is 22.0. The highest BCUT2D eigenvalue weighted by atomic mass is 32.3. The molecule has 0 aromatic rings. The summed E-state index contributed by atoms with van der Waals surface area (Å²) in [4.78, 5) is 13.0. The van der Waals surface area contributed by atoms with E-state index in [0.29, 0.717) is 13.0 Å². The first-order chi connectivity index (χ1) is 35.6. The minimum absolute atomic E-state index is 0.0459. The molecule has 0 bridgehead atoms. The monoisotopic (exact) mass is 1060 g/mol. The number of esters is 1. The van der Waals surface area contributed by atoms with Crippen LogP contribution >= 0.6 is 0 Å². The van der Waals surface area contributed by atoms with Crippen LogP contribution in [-0.4, -0.2) is 97.5 Å². The van der Waals surface area contributed by atoms with Gasteiger partial charge in [0.2, 0.25) is 0 Å². The molecular weight excluding hydrogens is 945 g/mol. The van der Waals surface area contributed by atoms with Crippen molar-refractivity contribution in [1.29, 1.82) is 0 Å². The van der Waals surface area contributed by atoms with Crippen LogP contribution in [0.3, 0.4) is 0 Å². The van der Waals surface area contributed by atoms with Crippen LogP contribution in [0.15, 0.2) is 0 Å². The zero-order chi connectivity index (χ0) is 53.1. The van der Waals surface area contributed by atoms with Gasteiger partial charge >= 0.3 is 16.4 Å². The Labute approximate surface area is 449 Å². The van der Waals surface area contributed by atoms with Crippen molar-refractivity contribution in [3.8, 4) is 0 Å². The molecular formula is C60H118O12S. The van der Waals surface area contributed by atoms with E-state index >= 15 is 0 Å². The fourth-order valence-electron chi connectivity index (χ4n) is 10.3. The predicted octanol–water partition coefficient (Wildman–Crippen LogP) is 15.9. The molecule has 1 saturated heterocycles. The van der Waals surface area contributed by atoms with Crippen LogP contribution < -0.4 is 0 Å². The predicted molar refractivity (Wildman–Crippen MR) is 299 cm³/mol. The number of hydrogen-bond donors (Lipinski definition) is 4. The lowest BCUT2D eigenvalue weighted by Crippen LogP contribution is -2.60. The van der Waals surface area contributed by atoms with E-state index in [2.05, 4.69) is 18.0 Å². The van der Waals surface area contributed by atoms with Crippen molar-refractivity contribution in [2.24, 2.45) is 0 Å². The molecule has 1 aliphatic rings. The summed E-state index contributed by atoms with van der Waals surface area (Å²) in [5, 5.41) is 30.9. The smallest absolute Gasteiger partial charge is 0.397 e. The summed E-state index contributed by atoms with van der Waals surface area (Å²) in [7, 11) is -5.06. The molecule has 0 radical (unpaired) electrons. The summed E-state index contributed by atoms with van der Waals surface area (Å²) in [6, 6.07) is 0. The van der Waals surface area contributed by atoms with E-state index in [-0.39, 0.29) is 25.6 Å². The van der Waals surface area contributed by atoms with Gasteiger partial charge in [0, 0.05) is 13.0 Å². The Morgan fingerprint density at radius 1 is 0.466 bits per heavy atom. The van der Waals surface area contributed by atoms with E-state index < -0.39 is 53.8 Å². The lowest BCUT2D eigenvalue weighted by Gasteiger charge is -2.41. The van der Waals surface area contributed by atoms with Crippen molar-refractivity contribution in [2.75, 3.05) is 26.4 Å². The number of carbonyl (C=O) groups is 1. The molecule has 6 atom stereocenters. The minimum Gasteiger partial charge on any atom is -0.457 e. The fraction of sp³-hybridized carbons (Fsp3) is 0.983. The largest absolute Gasteiger partial charge is 0.457 e. The second kappa shape index (κ2) is 51.8. The first kappa shape index (κ1) is 70.1. The average molecular weight is 1060 g/mol. The van der Waals surface area contributed by atoms with Crippen LogP contribution in [0, 0.1) is 0 Å². The fourth-order valence-corrected chi connectivity index (χ4v) is 10.8. The molecule has 436 valence electrons. The van der Waals surface area contributed by atoms with Crippen molar-refractivity contribution in [1.82, 2.24) is 0 Å². The molecule has 0 aliphatic carbocycles. The highest BCUT2D eigenvalue weighted by Crippen LogP contribution is 2.26. The summed E-state index contributed by atoms with van der Waals surface area (Å²) < 4.78 is 59.5. The van der Waals surface area contributed by atoms with Crippen LogP contribution in [0.2, 0.25) is 0 Å². The number of unbranched alkanes of at least 4 members (excludes halogenated alkanes) is 44. The number of aliphatic hydroxyl groups excluding tert-OH is 3. The maximum atomic E-state index is 13.0. The van der Waals surface area contributed by atoms with Crippen molar-refractivity contribution >= 4 is 16.4 Å². The number of hydrogen-bond acceptors (Lipinski definition) is 11. The van der Waals surface area contributed by atoms with Crippen LogP contribution in [0.25, 0.3) is 0 Å². The third kappa shape index (κ3) is 44.7. The molecule has 73 heavy (non-hydrogen) atoms. The van der Waals surface area contributed by atoms with Crippen molar-refractivity contribution in [3.63, 3.8) is 0 Å². The van der Waals surface area contributed by atoms with Gasteiger partial charge in [-0.15, -0.1) is 0 Å². The molecule has 0 amide bonds. The van der Waals surface area contributed by atoms with Crippen molar-refractivity contribution in [2.45, 2.75) is 352 Å². The molecule has 1 fully saturated rings. The van der Waals surface area contributed by atoms with E-state index in [1.165, 1.54) is 250 Å². The van der Waals surface area contributed by atoms with E-state index in [9.17, 15) is 33.1 Å². The number of aliphatic hydroxyl groups is 3. The summed E-state index contributed by atoms with van der Waals surface area (Å²) in [5.41, 5.74) is 0. The second-order valence-corrected chi connectivity index (χ2v) is 23.1. The van der Waals surface area contributed by atoms with E-state index in [1.54, 1.807) is 0 Å². The molecule has 6 unspecified atom stereocenters. The topological polar surface area (TPSA) is 178 Å².